The van der Waals surface area contributed by atoms with Gasteiger partial charge in [0.05, 0.1) is 10.0 Å². The van der Waals surface area contributed by atoms with Gasteiger partial charge in [0.2, 0.25) is 5.91 Å². The Morgan fingerprint density at radius 2 is 2.00 bits per heavy atom. The Bertz CT molecular complexity index is 572. The summed E-state index contributed by atoms with van der Waals surface area (Å²) in [6, 6.07) is 6.14. The Labute approximate surface area is 148 Å². The largest absolute Gasteiger partial charge is 0.339 e. The van der Waals surface area contributed by atoms with Crippen molar-refractivity contribution in [3.63, 3.8) is 0 Å². The molecule has 0 aromatic heterocycles. The van der Waals surface area contributed by atoms with Gasteiger partial charge in [0.15, 0.2) is 0 Å². The van der Waals surface area contributed by atoms with E-state index in [9.17, 15) is 4.79 Å². The molecule has 1 aromatic rings. The lowest BCUT2D eigenvalue weighted by Gasteiger charge is -2.35. The summed E-state index contributed by atoms with van der Waals surface area (Å²) in [6.45, 7) is 5.04. The van der Waals surface area contributed by atoms with Gasteiger partial charge in [0.1, 0.15) is 0 Å². The summed E-state index contributed by atoms with van der Waals surface area (Å²) in [5.74, 6) is 0.752. The molecule has 3 rings (SSSR count). The molecule has 1 aromatic carbocycles. The first-order chi connectivity index (χ1) is 11.1. The summed E-state index contributed by atoms with van der Waals surface area (Å²) in [5.41, 5.74) is 1.14. The van der Waals surface area contributed by atoms with Crippen LogP contribution in [0, 0.1) is 5.92 Å². The molecule has 1 N–H and O–H groups in total. The van der Waals surface area contributed by atoms with Crippen molar-refractivity contribution in [3.05, 3.63) is 33.8 Å². The van der Waals surface area contributed by atoms with Crippen LogP contribution >= 0.6 is 23.2 Å². The van der Waals surface area contributed by atoms with E-state index in [-0.39, 0.29) is 5.92 Å². The van der Waals surface area contributed by atoms with Crippen molar-refractivity contribution >= 4 is 29.1 Å². The molecule has 3 nitrogen and oxygen atoms in total. The van der Waals surface area contributed by atoms with Crippen LogP contribution in [0.1, 0.15) is 44.1 Å². The van der Waals surface area contributed by atoms with E-state index in [4.69, 9.17) is 23.2 Å². The fourth-order valence-corrected chi connectivity index (χ4v) is 3.93. The molecule has 2 fully saturated rings. The molecule has 1 aliphatic heterocycles. The highest BCUT2D eigenvalue weighted by Gasteiger charge is 2.46. The maximum Gasteiger partial charge on any atom is 0.226 e. The number of piperidine rings is 1. The van der Waals surface area contributed by atoms with Crippen LogP contribution in [0.4, 0.5) is 0 Å². The second kappa shape index (κ2) is 7.42. The van der Waals surface area contributed by atoms with Crippen LogP contribution in [0.15, 0.2) is 18.2 Å². The van der Waals surface area contributed by atoms with E-state index in [1.165, 1.54) is 0 Å². The van der Waals surface area contributed by atoms with Crippen LogP contribution in [0.5, 0.6) is 0 Å². The summed E-state index contributed by atoms with van der Waals surface area (Å²) < 4.78 is 0. The second-order valence-electron chi connectivity index (χ2n) is 6.64. The van der Waals surface area contributed by atoms with Gasteiger partial charge in [-0.05, 0) is 62.4 Å². The molecular weight excluding hydrogens is 331 g/mol. The zero-order chi connectivity index (χ0) is 16.4. The van der Waals surface area contributed by atoms with E-state index in [2.05, 4.69) is 17.1 Å². The standard InChI is InChI=1S/C18H24Cl2N2O/c1-2-9-22(13-5-7-21-8-6-13)18(23)15-11-14(15)12-3-4-16(19)17(20)10-12/h3-4,10,13-15,21H,2,5-9,11H2,1H3. The number of nitrogens with one attached hydrogen (secondary N) is 1. The summed E-state index contributed by atoms with van der Waals surface area (Å²) in [6.07, 6.45) is 4.08. The normalized spacial score (nSPS) is 24.5. The topological polar surface area (TPSA) is 32.3 Å². The van der Waals surface area contributed by atoms with Crippen molar-refractivity contribution < 1.29 is 4.79 Å². The smallest absolute Gasteiger partial charge is 0.226 e. The van der Waals surface area contributed by atoms with E-state index < -0.39 is 0 Å². The molecule has 2 aliphatic rings. The number of hydrogen-bond donors (Lipinski definition) is 1. The first-order valence-electron chi connectivity index (χ1n) is 8.58. The van der Waals surface area contributed by atoms with Gasteiger partial charge in [-0.1, -0.05) is 36.2 Å². The molecule has 1 saturated carbocycles. The van der Waals surface area contributed by atoms with Crippen molar-refractivity contribution in [2.45, 2.75) is 44.6 Å². The predicted molar refractivity (Wildman–Crippen MR) is 95.2 cm³/mol. The number of carbonyl (C=O) groups excluding carboxylic acids is 1. The highest BCUT2D eigenvalue weighted by atomic mass is 35.5. The van der Waals surface area contributed by atoms with Crippen LogP contribution < -0.4 is 5.32 Å². The summed E-state index contributed by atoms with van der Waals surface area (Å²) in [7, 11) is 0. The molecule has 5 heteroatoms. The highest BCUT2D eigenvalue weighted by Crippen LogP contribution is 2.49. The van der Waals surface area contributed by atoms with Gasteiger partial charge in [-0.15, -0.1) is 0 Å². The maximum atomic E-state index is 13.0. The van der Waals surface area contributed by atoms with Crippen molar-refractivity contribution in [1.82, 2.24) is 10.2 Å². The van der Waals surface area contributed by atoms with E-state index in [0.717, 1.165) is 50.9 Å². The van der Waals surface area contributed by atoms with Gasteiger partial charge in [-0.3, -0.25) is 4.79 Å². The minimum atomic E-state index is 0.119. The molecule has 0 spiro atoms. The molecule has 126 valence electrons. The molecule has 2 unspecified atom stereocenters. The number of carbonyl (C=O) groups is 1. The lowest BCUT2D eigenvalue weighted by Crippen LogP contribution is -2.47. The van der Waals surface area contributed by atoms with Gasteiger partial charge >= 0.3 is 0 Å². The third-order valence-corrected chi connectivity index (χ3v) is 5.72. The van der Waals surface area contributed by atoms with Crippen LogP contribution in [0.3, 0.4) is 0 Å². The van der Waals surface area contributed by atoms with Gasteiger partial charge in [0.25, 0.3) is 0 Å². The molecular formula is C18H24Cl2N2O. The monoisotopic (exact) mass is 354 g/mol. The SMILES string of the molecule is CCCN(C(=O)C1CC1c1ccc(Cl)c(Cl)c1)C1CCNCC1. The minimum absolute atomic E-state index is 0.119. The van der Waals surface area contributed by atoms with Crippen LogP contribution in [0.25, 0.3) is 0 Å². The summed E-state index contributed by atoms with van der Waals surface area (Å²) in [4.78, 5) is 15.1. The Kier molecular flexibility index (Phi) is 5.50. The molecule has 0 radical (unpaired) electrons. The predicted octanol–water partition coefficient (Wildman–Crippen LogP) is 4.09. The van der Waals surface area contributed by atoms with Gasteiger partial charge in [-0.2, -0.15) is 0 Å². The number of amides is 1. The van der Waals surface area contributed by atoms with Gasteiger partial charge < -0.3 is 10.2 Å². The van der Waals surface area contributed by atoms with Crippen molar-refractivity contribution in [2.75, 3.05) is 19.6 Å². The Morgan fingerprint density at radius 1 is 1.26 bits per heavy atom. The zero-order valence-corrected chi connectivity index (χ0v) is 15.0. The number of rotatable bonds is 5. The maximum absolute atomic E-state index is 13.0. The lowest BCUT2D eigenvalue weighted by atomic mass is 10.0. The minimum Gasteiger partial charge on any atom is -0.339 e. The van der Waals surface area contributed by atoms with E-state index in [1.807, 2.05) is 18.2 Å². The molecule has 1 saturated heterocycles. The first-order valence-corrected chi connectivity index (χ1v) is 9.33. The molecule has 1 aliphatic carbocycles. The number of benzene rings is 1. The van der Waals surface area contributed by atoms with Crippen molar-refractivity contribution in [2.24, 2.45) is 5.92 Å². The third-order valence-electron chi connectivity index (χ3n) is 4.98. The Morgan fingerprint density at radius 3 is 2.65 bits per heavy atom. The quantitative estimate of drug-likeness (QED) is 0.863. The second-order valence-corrected chi connectivity index (χ2v) is 7.45. The number of halogens is 2. The Hall–Kier alpha value is -0.770. The van der Waals surface area contributed by atoms with E-state index in [1.54, 1.807) is 0 Å². The highest BCUT2D eigenvalue weighted by molar-refractivity contribution is 6.42. The third kappa shape index (κ3) is 3.84. The van der Waals surface area contributed by atoms with E-state index >= 15 is 0 Å². The van der Waals surface area contributed by atoms with Crippen molar-refractivity contribution in [3.8, 4) is 0 Å². The molecule has 2 atom stereocenters. The lowest BCUT2D eigenvalue weighted by molar-refractivity contribution is -0.135. The van der Waals surface area contributed by atoms with E-state index in [0.29, 0.717) is 27.9 Å². The average Bonchev–Trinajstić information content (AvgIpc) is 3.36. The molecule has 0 bridgehead atoms. The molecule has 23 heavy (non-hydrogen) atoms. The number of hydrogen-bond acceptors (Lipinski definition) is 2. The van der Waals surface area contributed by atoms with Crippen LogP contribution in [-0.4, -0.2) is 36.5 Å². The number of nitrogens with zero attached hydrogens (tertiary/aromatic N) is 1. The molecule has 1 amide bonds. The van der Waals surface area contributed by atoms with Gasteiger partial charge in [0, 0.05) is 18.5 Å². The van der Waals surface area contributed by atoms with Crippen LogP contribution in [0.2, 0.25) is 10.0 Å². The van der Waals surface area contributed by atoms with Crippen molar-refractivity contribution in [1.29, 1.82) is 0 Å². The fraction of sp³-hybridized carbons (Fsp3) is 0.611. The molecule has 1 heterocycles. The summed E-state index contributed by atoms with van der Waals surface area (Å²) in [5, 5.41) is 4.52. The Balaban J connectivity index is 1.68. The zero-order valence-electron chi connectivity index (χ0n) is 13.5. The van der Waals surface area contributed by atoms with Crippen LogP contribution in [-0.2, 0) is 4.79 Å². The van der Waals surface area contributed by atoms with Gasteiger partial charge in [-0.25, -0.2) is 0 Å². The average molecular weight is 355 g/mol. The first kappa shape index (κ1) is 17.1. The fourth-order valence-electron chi connectivity index (χ4n) is 3.62. The summed E-state index contributed by atoms with van der Waals surface area (Å²) >= 11 is 12.1.